The Balaban J connectivity index is 1.80. The fourth-order valence-electron chi connectivity index (χ4n) is 2.74. The normalized spacial score (nSPS) is 11.6. The Morgan fingerprint density at radius 2 is 1.56 bits per heavy atom. The van der Waals surface area contributed by atoms with Crippen LogP contribution in [0.3, 0.4) is 0 Å². The van der Waals surface area contributed by atoms with Gasteiger partial charge in [0.05, 0.1) is 6.54 Å². The fourth-order valence-corrected chi connectivity index (χ4v) is 2.74. The van der Waals surface area contributed by atoms with Crippen molar-refractivity contribution in [2.24, 2.45) is 0 Å². The number of anilines is 2. The summed E-state index contributed by atoms with van der Waals surface area (Å²) in [6.45, 7) is 4.35. The lowest BCUT2D eigenvalue weighted by molar-refractivity contribution is -0.116. The van der Waals surface area contributed by atoms with Crippen LogP contribution in [0.15, 0.2) is 54.6 Å². The number of amides is 2. The zero-order chi connectivity index (χ0) is 19.5. The van der Waals surface area contributed by atoms with Gasteiger partial charge in [-0.05, 0) is 37.1 Å². The van der Waals surface area contributed by atoms with Crippen LogP contribution < -0.4 is 16.0 Å². The van der Waals surface area contributed by atoms with Crippen molar-refractivity contribution in [1.29, 1.82) is 0 Å². The molecule has 0 spiro atoms. The van der Waals surface area contributed by atoms with Gasteiger partial charge in [-0.3, -0.25) is 9.59 Å². The van der Waals surface area contributed by atoms with E-state index in [-0.39, 0.29) is 24.4 Å². The molecule has 5 nitrogen and oxygen atoms in total. The molecule has 0 saturated heterocycles. The smallest absolute Gasteiger partial charge is 0.238 e. The van der Waals surface area contributed by atoms with Crippen LogP contribution in [0.4, 0.5) is 11.4 Å². The van der Waals surface area contributed by atoms with Gasteiger partial charge in [-0.15, -0.1) is 0 Å². The molecule has 0 saturated carbocycles. The van der Waals surface area contributed by atoms with E-state index in [2.05, 4.69) is 22.9 Å². The van der Waals surface area contributed by atoms with E-state index in [0.717, 1.165) is 24.8 Å². The van der Waals surface area contributed by atoms with Crippen LogP contribution in [0.1, 0.15) is 51.1 Å². The topological polar surface area (TPSA) is 70.2 Å². The molecule has 0 fully saturated rings. The molecule has 2 aromatic carbocycles. The summed E-state index contributed by atoms with van der Waals surface area (Å²) in [6, 6.07) is 17.3. The molecule has 27 heavy (non-hydrogen) atoms. The second-order valence-electron chi connectivity index (χ2n) is 6.65. The lowest BCUT2D eigenvalue weighted by Gasteiger charge is -2.14. The van der Waals surface area contributed by atoms with Gasteiger partial charge in [0.1, 0.15) is 0 Å². The minimum Gasteiger partial charge on any atom is -0.326 e. The second kappa shape index (κ2) is 11.1. The van der Waals surface area contributed by atoms with Crippen molar-refractivity contribution in [1.82, 2.24) is 5.32 Å². The van der Waals surface area contributed by atoms with Gasteiger partial charge in [0.25, 0.3) is 0 Å². The maximum absolute atomic E-state index is 12.2. The number of rotatable bonds is 10. The van der Waals surface area contributed by atoms with Crippen molar-refractivity contribution < 1.29 is 9.59 Å². The number of benzene rings is 2. The molecule has 1 unspecified atom stereocenters. The lowest BCUT2D eigenvalue weighted by Crippen LogP contribution is -2.30. The molecule has 0 aliphatic rings. The third-order valence-corrected chi connectivity index (χ3v) is 4.31. The molecular formula is C22H29N3O2. The number of carbonyl (C=O) groups is 2. The molecule has 0 heterocycles. The van der Waals surface area contributed by atoms with Crippen molar-refractivity contribution in [2.45, 2.75) is 45.6 Å². The summed E-state index contributed by atoms with van der Waals surface area (Å²) < 4.78 is 0. The molecule has 144 valence electrons. The Labute approximate surface area is 161 Å². The number of nitrogens with one attached hydrogen (secondary N) is 3. The molecule has 3 N–H and O–H groups in total. The van der Waals surface area contributed by atoms with E-state index in [1.54, 1.807) is 6.07 Å². The predicted octanol–water partition coefficient (Wildman–Crippen LogP) is 4.49. The summed E-state index contributed by atoms with van der Waals surface area (Å²) in [7, 11) is 0. The molecule has 2 aromatic rings. The monoisotopic (exact) mass is 367 g/mol. The fraction of sp³-hybridized carbons (Fsp3) is 0.364. The van der Waals surface area contributed by atoms with Gasteiger partial charge >= 0.3 is 0 Å². The number of carbonyl (C=O) groups excluding carboxylic acids is 2. The first-order valence-electron chi connectivity index (χ1n) is 9.56. The molecule has 0 aromatic heterocycles. The second-order valence-corrected chi connectivity index (χ2v) is 6.65. The zero-order valence-corrected chi connectivity index (χ0v) is 16.1. The predicted molar refractivity (Wildman–Crippen MR) is 111 cm³/mol. The molecule has 0 aliphatic carbocycles. The molecular weight excluding hydrogens is 338 g/mol. The van der Waals surface area contributed by atoms with Crippen LogP contribution in [-0.2, 0) is 9.59 Å². The number of unbranched alkanes of at least 4 members (excludes halogenated alkanes) is 2. The Bertz CT molecular complexity index is 731. The van der Waals surface area contributed by atoms with E-state index >= 15 is 0 Å². The van der Waals surface area contributed by atoms with Crippen molar-refractivity contribution in [3.8, 4) is 0 Å². The summed E-state index contributed by atoms with van der Waals surface area (Å²) in [5.74, 6) is -0.116. The van der Waals surface area contributed by atoms with Gasteiger partial charge in [-0.2, -0.15) is 0 Å². The third-order valence-electron chi connectivity index (χ3n) is 4.31. The molecule has 0 bridgehead atoms. The van der Waals surface area contributed by atoms with Crippen LogP contribution in [0.25, 0.3) is 0 Å². The van der Waals surface area contributed by atoms with Gasteiger partial charge in [0.15, 0.2) is 0 Å². The standard InChI is InChI=1S/C22H29N3O2/c1-3-4-6-14-21(26)24-19-12-9-13-20(15-19)25-22(27)16-23-17(2)18-10-7-5-8-11-18/h5,7-13,15,17,23H,3-4,6,14,16H2,1-2H3,(H,24,26)(H,25,27). The summed E-state index contributed by atoms with van der Waals surface area (Å²) >= 11 is 0. The molecule has 0 radical (unpaired) electrons. The van der Waals surface area contributed by atoms with Crippen LogP contribution >= 0.6 is 0 Å². The van der Waals surface area contributed by atoms with Gasteiger partial charge in [0.2, 0.25) is 11.8 Å². The lowest BCUT2D eigenvalue weighted by atomic mass is 10.1. The highest BCUT2D eigenvalue weighted by Gasteiger charge is 2.08. The maximum Gasteiger partial charge on any atom is 0.238 e. The van der Waals surface area contributed by atoms with E-state index < -0.39 is 0 Å². The molecule has 5 heteroatoms. The highest BCUT2D eigenvalue weighted by molar-refractivity contribution is 5.94. The molecule has 1 atom stereocenters. The third kappa shape index (κ3) is 7.62. The summed E-state index contributed by atoms with van der Waals surface area (Å²) in [6.07, 6.45) is 3.55. The first kappa shape index (κ1) is 20.6. The highest BCUT2D eigenvalue weighted by atomic mass is 16.2. The van der Waals surface area contributed by atoms with Crippen molar-refractivity contribution in [3.63, 3.8) is 0 Å². The summed E-state index contributed by atoms with van der Waals surface area (Å²) in [4.78, 5) is 24.1. The van der Waals surface area contributed by atoms with E-state index in [0.29, 0.717) is 17.8 Å². The van der Waals surface area contributed by atoms with E-state index in [1.807, 2.05) is 55.5 Å². The van der Waals surface area contributed by atoms with Crippen molar-refractivity contribution >= 4 is 23.2 Å². The van der Waals surface area contributed by atoms with Crippen LogP contribution in [-0.4, -0.2) is 18.4 Å². The van der Waals surface area contributed by atoms with Gasteiger partial charge in [-0.25, -0.2) is 0 Å². The van der Waals surface area contributed by atoms with E-state index in [9.17, 15) is 9.59 Å². The SMILES string of the molecule is CCCCCC(=O)Nc1cccc(NC(=O)CNC(C)c2ccccc2)c1. The van der Waals surface area contributed by atoms with E-state index in [1.165, 1.54) is 0 Å². The number of hydrogen-bond acceptors (Lipinski definition) is 3. The van der Waals surface area contributed by atoms with Gasteiger partial charge in [0, 0.05) is 23.8 Å². The first-order chi connectivity index (χ1) is 13.1. The molecule has 2 amide bonds. The minimum absolute atomic E-state index is 0.00489. The average Bonchev–Trinajstić information content (AvgIpc) is 2.67. The largest absolute Gasteiger partial charge is 0.326 e. The minimum atomic E-state index is -0.121. The van der Waals surface area contributed by atoms with Crippen molar-refractivity contribution in [3.05, 3.63) is 60.2 Å². The quantitative estimate of drug-likeness (QED) is 0.542. The molecule has 2 rings (SSSR count). The molecule has 0 aliphatic heterocycles. The zero-order valence-electron chi connectivity index (χ0n) is 16.1. The van der Waals surface area contributed by atoms with E-state index in [4.69, 9.17) is 0 Å². The van der Waals surface area contributed by atoms with Gasteiger partial charge in [-0.1, -0.05) is 56.2 Å². The van der Waals surface area contributed by atoms with Gasteiger partial charge < -0.3 is 16.0 Å². The average molecular weight is 367 g/mol. The highest BCUT2D eigenvalue weighted by Crippen LogP contribution is 2.16. The summed E-state index contributed by atoms with van der Waals surface area (Å²) in [5.41, 5.74) is 2.50. The van der Waals surface area contributed by atoms with Crippen LogP contribution in [0.5, 0.6) is 0 Å². The Morgan fingerprint density at radius 3 is 2.22 bits per heavy atom. The maximum atomic E-state index is 12.2. The Morgan fingerprint density at radius 1 is 0.889 bits per heavy atom. The number of hydrogen-bond donors (Lipinski definition) is 3. The summed E-state index contributed by atoms with van der Waals surface area (Å²) in [5, 5.41) is 8.95. The van der Waals surface area contributed by atoms with Crippen LogP contribution in [0, 0.1) is 0 Å². The van der Waals surface area contributed by atoms with Crippen LogP contribution in [0.2, 0.25) is 0 Å². The first-order valence-corrected chi connectivity index (χ1v) is 9.56. The van der Waals surface area contributed by atoms with Crippen molar-refractivity contribution in [2.75, 3.05) is 17.2 Å². The Hall–Kier alpha value is -2.66. The Kier molecular flexibility index (Phi) is 8.52.